The van der Waals surface area contributed by atoms with Crippen LogP contribution in [0.3, 0.4) is 0 Å². The minimum absolute atomic E-state index is 0.0209. The molecule has 0 aliphatic heterocycles. The Morgan fingerprint density at radius 2 is 1.90 bits per heavy atom. The van der Waals surface area contributed by atoms with Gasteiger partial charge in [0, 0.05) is 6.20 Å². The lowest BCUT2D eigenvalue weighted by Crippen LogP contribution is -2.28. The van der Waals surface area contributed by atoms with E-state index in [-0.39, 0.29) is 22.9 Å². The fourth-order valence-electron chi connectivity index (χ4n) is 3.26. The molecule has 156 valence electrons. The van der Waals surface area contributed by atoms with Gasteiger partial charge in [0.1, 0.15) is 17.2 Å². The van der Waals surface area contributed by atoms with E-state index in [0.29, 0.717) is 27.4 Å². The van der Waals surface area contributed by atoms with E-state index in [1.54, 1.807) is 49.4 Å². The molecule has 2 aromatic carbocycles. The van der Waals surface area contributed by atoms with Gasteiger partial charge in [-0.2, -0.15) is 4.98 Å². The van der Waals surface area contributed by atoms with E-state index in [9.17, 15) is 14.7 Å². The van der Waals surface area contributed by atoms with Crippen molar-refractivity contribution in [1.82, 2.24) is 19.5 Å². The summed E-state index contributed by atoms with van der Waals surface area (Å²) in [5, 5.41) is 13.0. The lowest BCUT2D eigenvalue weighted by molar-refractivity contribution is 0.0697. The third-order valence-electron chi connectivity index (χ3n) is 4.67. The Hall–Kier alpha value is -3.98. The molecule has 31 heavy (non-hydrogen) atoms. The van der Waals surface area contributed by atoms with Crippen LogP contribution in [0.4, 0.5) is 11.8 Å². The van der Waals surface area contributed by atoms with Crippen LogP contribution in [0.25, 0.3) is 16.6 Å². The largest absolute Gasteiger partial charge is 0.477 e. The van der Waals surface area contributed by atoms with Crippen molar-refractivity contribution in [3.8, 4) is 5.69 Å². The van der Waals surface area contributed by atoms with Crippen molar-refractivity contribution in [2.75, 3.05) is 11.1 Å². The number of carboxylic acids is 1. The number of anilines is 2. The predicted octanol–water partition coefficient (Wildman–Crippen LogP) is 3.28. The summed E-state index contributed by atoms with van der Waals surface area (Å²) < 4.78 is 1.44. The van der Waals surface area contributed by atoms with Crippen LogP contribution >= 0.6 is 11.6 Å². The summed E-state index contributed by atoms with van der Waals surface area (Å²) in [5.41, 5.74) is 6.16. The predicted molar refractivity (Wildman–Crippen MR) is 118 cm³/mol. The monoisotopic (exact) mass is 436 g/mol. The summed E-state index contributed by atoms with van der Waals surface area (Å²) in [6.07, 6.45) is 1.12. The van der Waals surface area contributed by atoms with Gasteiger partial charge < -0.3 is 16.2 Å². The van der Waals surface area contributed by atoms with Crippen LogP contribution < -0.4 is 16.6 Å². The van der Waals surface area contributed by atoms with Crippen LogP contribution in [-0.2, 0) is 0 Å². The van der Waals surface area contributed by atoms with Crippen molar-refractivity contribution in [3.63, 3.8) is 0 Å². The Bertz CT molecular complexity index is 1360. The number of aromatic carboxylic acids is 1. The maximum atomic E-state index is 13.4. The minimum Gasteiger partial charge on any atom is -0.477 e. The number of aromatic nitrogens is 4. The first-order valence-electron chi connectivity index (χ1n) is 9.25. The second kappa shape index (κ2) is 8.04. The van der Waals surface area contributed by atoms with Crippen LogP contribution in [0.15, 0.2) is 59.5 Å². The fraction of sp³-hybridized carbons (Fsp3) is 0.0952. The first-order valence-corrected chi connectivity index (χ1v) is 9.63. The highest BCUT2D eigenvalue weighted by molar-refractivity contribution is 6.35. The molecule has 4 rings (SSSR count). The SMILES string of the molecule is C[C@H](Nc1nc(N)ncc1C(=O)O)c1nc2cccc(Cl)c2c(=O)n1-c1ccccc1. The summed E-state index contributed by atoms with van der Waals surface area (Å²) in [7, 11) is 0. The van der Waals surface area contributed by atoms with Crippen LogP contribution in [-0.4, -0.2) is 30.6 Å². The summed E-state index contributed by atoms with van der Waals surface area (Å²) in [5.74, 6) is -0.932. The average Bonchev–Trinajstić information content (AvgIpc) is 2.74. The molecule has 0 saturated heterocycles. The molecule has 0 spiro atoms. The maximum absolute atomic E-state index is 13.4. The third kappa shape index (κ3) is 3.78. The number of nitrogen functional groups attached to an aromatic ring is 1. The number of rotatable bonds is 5. The van der Waals surface area contributed by atoms with E-state index in [2.05, 4.69) is 20.3 Å². The average molecular weight is 437 g/mol. The number of halogens is 1. The molecule has 0 saturated carbocycles. The molecule has 9 nitrogen and oxygen atoms in total. The molecule has 1 atom stereocenters. The highest BCUT2D eigenvalue weighted by Crippen LogP contribution is 2.25. The molecule has 0 amide bonds. The number of nitrogens with one attached hydrogen (secondary N) is 1. The lowest BCUT2D eigenvalue weighted by atomic mass is 10.2. The van der Waals surface area contributed by atoms with E-state index < -0.39 is 12.0 Å². The van der Waals surface area contributed by atoms with Crippen molar-refractivity contribution in [3.05, 3.63) is 81.5 Å². The number of nitrogens with two attached hydrogens (primary N) is 1. The Labute approximate surface area is 181 Å². The van der Waals surface area contributed by atoms with E-state index in [0.717, 1.165) is 6.20 Å². The van der Waals surface area contributed by atoms with Crippen molar-refractivity contribution < 1.29 is 9.90 Å². The Morgan fingerprint density at radius 3 is 2.61 bits per heavy atom. The van der Waals surface area contributed by atoms with E-state index in [1.807, 2.05) is 6.07 Å². The van der Waals surface area contributed by atoms with Gasteiger partial charge in [0.2, 0.25) is 5.95 Å². The molecule has 0 aliphatic rings. The van der Waals surface area contributed by atoms with Crippen LogP contribution in [0.5, 0.6) is 0 Å². The minimum atomic E-state index is -1.21. The molecule has 0 aliphatic carbocycles. The topological polar surface area (TPSA) is 136 Å². The first kappa shape index (κ1) is 20.3. The number of hydrogen-bond acceptors (Lipinski definition) is 7. The Kier molecular flexibility index (Phi) is 5.26. The van der Waals surface area contributed by atoms with Crippen molar-refractivity contribution in [1.29, 1.82) is 0 Å². The van der Waals surface area contributed by atoms with Gasteiger partial charge in [-0.05, 0) is 31.2 Å². The molecular weight excluding hydrogens is 420 g/mol. The summed E-state index contributed by atoms with van der Waals surface area (Å²) in [6, 6.07) is 13.4. The van der Waals surface area contributed by atoms with Crippen molar-refractivity contribution in [2.24, 2.45) is 0 Å². The zero-order valence-corrected chi connectivity index (χ0v) is 17.0. The zero-order valence-electron chi connectivity index (χ0n) is 16.3. The maximum Gasteiger partial charge on any atom is 0.341 e. The first-order chi connectivity index (χ1) is 14.9. The van der Waals surface area contributed by atoms with Gasteiger partial charge in [-0.15, -0.1) is 0 Å². The molecular formula is C21H17ClN6O3. The molecule has 2 aromatic heterocycles. The lowest BCUT2D eigenvalue weighted by Gasteiger charge is -2.21. The molecule has 0 radical (unpaired) electrons. The standard InChI is InChI=1S/C21H17ClN6O3/c1-11(25-17-13(20(30)31)10-24-21(23)27-17)18-26-15-9-5-8-14(22)16(15)19(29)28(18)12-6-3-2-4-7-12/h2-11H,1H3,(H,30,31)(H3,23,24,25,27)/t11-/m0/s1. The molecule has 0 fully saturated rings. The summed E-state index contributed by atoms with van der Waals surface area (Å²) in [4.78, 5) is 37.4. The van der Waals surface area contributed by atoms with E-state index in [4.69, 9.17) is 17.3 Å². The highest BCUT2D eigenvalue weighted by atomic mass is 35.5. The zero-order chi connectivity index (χ0) is 22.1. The van der Waals surface area contributed by atoms with Crippen LogP contribution in [0.1, 0.15) is 29.1 Å². The number of para-hydroxylation sites is 1. The number of carbonyl (C=O) groups is 1. The van der Waals surface area contributed by atoms with Crippen molar-refractivity contribution in [2.45, 2.75) is 13.0 Å². The summed E-state index contributed by atoms with van der Waals surface area (Å²) >= 11 is 6.29. The summed E-state index contributed by atoms with van der Waals surface area (Å²) in [6.45, 7) is 1.74. The van der Waals surface area contributed by atoms with Gasteiger partial charge in [-0.25, -0.2) is 14.8 Å². The van der Waals surface area contributed by atoms with E-state index in [1.165, 1.54) is 4.57 Å². The number of hydrogen-bond donors (Lipinski definition) is 3. The molecule has 0 bridgehead atoms. The third-order valence-corrected chi connectivity index (χ3v) is 4.98. The smallest absolute Gasteiger partial charge is 0.341 e. The second-order valence-electron chi connectivity index (χ2n) is 6.74. The number of benzene rings is 2. The van der Waals surface area contributed by atoms with Crippen LogP contribution in [0.2, 0.25) is 5.02 Å². The molecule has 0 unspecified atom stereocenters. The Morgan fingerprint density at radius 1 is 1.16 bits per heavy atom. The fourth-order valence-corrected chi connectivity index (χ4v) is 3.51. The van der Waals surface area contributed by atoms with Gasteiger partial charge in [-0.3, -0.25) is 9.36 Å². The van der Waals surface area contributed by atoms with Crippen molar-refractivity contribution >= 4 is 40.2 Å². The van der Waals surface area contributed by atoms with Gasteiger partial charge in [0.15, 0.2) is 0 Å². The molecule has 2 heterocycles. The van der Waals surface area contributed by atoms with Crippen LogP contribution in [0, 0.1) is 0 Å². The number of fused-ring (bicyclic) bond motifs is 1. The van der Waals surface area contributed by atoms with E-state index >= 15 is 0 Å². The second-order valence-corrected chi connectivity index (χ2v) is 7.15. The highest BCUT2D eigenvalue weighted by Gasteiger charge is 2.22. The normalized spacial score (nSPS) is 11.9. The molecule has 4 N–H and O–H groups in total. The quantitative estimate of drug-likeness (QED) is 0.433. The van der Waals surface area contributed by atoms with Gasteiger partial charge >= 0.3 is 5.97 Å². The van der Waals surface area contributed by atoms with Gasteiger partial charge in [0.05, 0.1) is 27.7 Å². The van der Waals surface area contributed by atoms with Gasteiger partial charge in [0.25, 0.3) is 5.56 Å². The number of carboxylic acid groups (broad SMARTS) is 1. The molecule has 4 aromatic rings. The van der Waals surface area contributed by atoms with Gasteiger partial charge in [-0.1, -0.05) is 35.9 Å². The Balaban J connectivity index is 1.92. The molecule has 10 heteroatoms. The number of nitrogens with zero attached hydrogens (tertiary/aromatic N) is 4.